The Labute approximate surface area is 93.6 Å². The summed E-state index contributed by atoms with van der Waals surface area (Å²) in [4.78, 5) is 10.7. The fourth-order valence-electron chi connectivity index (χ4n) is 1.26. The van der Waals surface area contributed by atoms with Crippen molar-refractivity contribution in [3.05, 3.63) is 23.8 Å². The first-order valence-corrected chi connectivity index (χ1v) is 6.32. The van der Waals surface area contributed by atoms with Gasteiger partial charge in [-0.05, 0) is 12.1 Å². The summed E-state index contributed by atoms with van der Waals surface area (Å²) in [7, 11) is -1.94. The van der Waals surface area contributed by atoms with Crippen LogP contribution in [0, 0.1) is 0 Å². The van der Waals surface area contributed by atoms with E-state index in [1.54, 1.807) is 0 Å². The highest BCUT2D eigenvalue weighted by Gasteiger charge is 2.13. The van der Waals surface area contributed by atoms with E-state index >= 15 is 0 Å². The van der Waals surface area contributed by atoms with Crippen LogP contribution in [-0.4, -0.2) is 32.9 Å². The Kier molecular flexibility index (Phi) is 3.54. The molecular weight excluding hydrogens is 232 g/mol. The Bertz CT molecular complexity index is 504. The zero-order valence-electron chi connectivity index (χ0n) is 8.93. The average molecular weight is 244 g/mol. The third kappa shape index (κ3) is 2.96. The first-order valence-electron chi connectivity index (χ1n) is 4.43. The third-order valence-corrected chi connectivity index (χ3v) is 3.14. The molecule has 88 valence electrons. The molecule has 1 aromatic rings. The van der Waals surface area contributed by atoms with Crippen LogP contribution in [0.3, 0.4) is 0 Å². The quantitative estimate of drug-likeness (QED) is 0.844. The van der Waals surface area contributed by atoms with Crippen molar-refractivity contribution >= 4 is 15.8 Å². The van der Waals surface area contributed by atoms with Crippen molar-refractivity contribution in [2.24, 2.45) is 0 Å². The van der Waals surface area contributed by atoms with Crippen molar-refractivity contribution in [2.75, 3.05) is 13.4 Å². The van der Waals surface area contributed by atoms with Crippen molar-refractivity contribution < 1.29 is 23.1 Å². The van der Waals surface area contributed by atoms with Crippen molar-refractivity contribution in [1.82, 2.24) is 0 Å². The molecule has 0 heterocycles. The Morgan fingerprint density at radius 3 is 2.50 bits per heavy atom. The second-order valence-corrected chi connectivity index (χ2v) is 5.33. The van der Waals surface area contributed by atoms with E-state index in [1.807, 2.05) is 0 Å². The number of carboxylic acid groups (broad SMARTS) is 1. The number of hydrogen-bond donors (Lipinski definition) is 1. The molecular formula is C10H12O5S. The fraction of sp³-hybridized carbons (Fsp3) is 0.300. The summed E-state index contributed by atoms with van der Waals surface area (Å²) in [5.41, 5.74) is 0.447. The minimum absolute atomic E-state index is 0.110. The molecule has 0 radical (unpaired) electrons. The fourth-order valence-corrected chi connectivity index (χ4v) is 1.90. The Hall–Kier alpha value is -1.56. The van der Waals surface area contributed by atoms with Gasteiger partial charge in [-0.3, -0.25) is 4.79 Å². The molecule has 0 amide bonds. The Balaban J connectivity index is 3.22. The number of sulfone groups is 1. The molecule has 0 aliphatic rings. The molecule has 6 heteroatoms. The van der Waals surface area contributed by atoms with Crippen LogP contribution < -0.4 is 4.74 Å². The van der Waals surface area contributed by atoms with E-state index in [9.17, 15) is 13.2 Å². The van der Waals surface area contributed by atoms with Crippen LogP contribution in [0.1, 0.15) is 5.56 Å². The van der Waals surface area contributed by atoms with Gasteiger partial charge in [-0.25, -0.2) is 8.42 Å². The molecule has 0 bridgehead atoms. The monoisotopic (exact) mass is 244 g/mol. The number of hydrogen-bond acceptors (Lipinski definition) is 4. The molecule has 0 fully saturated rings. The van der Waals surface area contributed by atoms with Gasteiger partial charge in [-0.1, -0.05) is 6.07 Å². The Morgan fingerprint density at radius 2 is 2.06 bits per heavy atom. The normalized spacial score (nSPS) is 11.1. The predicted octanol–water partition coefficient (Wildman–Crippen LogP) is 0.726. The lowest BCUT2D eigenvalue weighted by molar-refractivity contribution is -0.136. The van der Waals surface area contributed by atoms with E-state index in [4.69, 9.17) is 9.84 Å². The number of carbonyl (C=O) groups is 1. The molecule has 0 spiro atoms. The maximum absolute atomic E-state index is 11.3. The molecule has 1 N–H and O–H groups in total. The van der Waals surface area contributed by atoms with Crippen LogP contribution in [0.2, 0.25) is 0 Å². The van der Waals surface area contributed by atoms with E-state index in [1.165, 1.54) is 25.3 Å². The molecule has 5 nitrogen and oxygen atoms in total. The SMILES string of the molecule is COc1cc(S(C)(=O)=O)ccc1CC(=O)O. The van der Waals surface area contributed by atoms with Gasteiger partial charge < -0.3 is 9.84 Å². The lowest BCUT2D eigenvalue weighted by atomic mass is 10.1. The Morgan fingerprint density at radius 1 is 1.44 bits per heavy atom. The lowest BCUT2D eigenvalue weighted by Gasteiger charge is -2.08. The van der Waals surface area contributed by atoms with Crippen LogP contribution in [0.15, 0.2) is 23.1 Å². The third-order valence-electron chi connectivity index (χ3n) is 2.03. The van der Waals surface area contributed by atoms with Crippen molar-refractivity contribution in [2.45, 2.75) is 11.3 Å². The predicted molar refractivity (Wildman–Crippen MR) is 57.4 cm³/mol. The van der Waals surface area contributed by atoms with Gasteiger partial charge in [0.05, 0.1) is 18.4 Å². The van der Waals surface area contributed by atoms with Crippen LogP contribution in [-0.2, 0) is 21.1 Å². The second-order valence-electron chi connectivity index (χ2n) is 3.32. The maximum atomic E-state index is 11.3. The number of ether oxygens (including phenoxy) is 1. The summed E-state index contributed by atoms with van der Waals surface area (Å²) in [6.45, 7) is 0. The number of carboxylic acids is 1. The largest absolute Gasteiger partial charge is 0.496 e. The molecule has 0 atom stereocenters. The summed E-state index contributed by atoms with van der Waals surface area (Å²) in [5, 5.41) is 8.64. The van der Waals surface area contributed by atoms with Gasteiger partial charge in [0.2, 0.25) is 0 Å². The van der Waals surface area contributed by atoms with Gasteiger partial charge in [0.1, 0.15) is 5.75 Å². The molecule has 0 saturated carbocycles. The summed E-state index contributed by atoms with van der Waals surface area (Å²) >= 11 is 0. The van der Waals surface area contributed by atoms with Gasteiger partial charge in [0, 0.05) is 11.8 Å². The van der Waals surface area contributed by atoms with E-state index < -0.39 is 15.8 Å². The van der Waals surface area contributed by atoms with E-state index in [-0.39, 0.29) is 17.1 Å². The molecule has 1 rings (SSSR count). The standard InChI is InChI=1S/C10H12O5S/c1-15-9-6-8(16(2,13)14)4-3-7(9)5-10(11)12/h3-4,6H,5H2,1-2H3,(H,11,12). The zero-order chi connectivity index (χ0) is 12.3. The first kappa shape index (κ1) is 12.5. The van der Waals surface area contributed by atoms with Gasteiger partial charge in [0.15, 0.2) is 9.84 Å². The number of benzene rings is 1. The smallest absolute Gasteiger partial charge is 0.307 e. The zero-order valence-corrected chi connectivity index (χ0v) is 9.74. The van der Waals surface area contributed by atoms with Crippen molar-refractivity contribution in [3.8, 4) is 5.75 Å². The van der Waals surface area contributed by atoms with Gasteiger partial charge in [-0.15, -0.1) is 0 Å². The van der Waals surface area contributed by atoms with Crippen LogP contribution in [0.5, 0.6) is 5.75 Å². The van der Waals surface area contributed by atoms with Crippen molar-refractivity contribution in [1.29, 1.82) is 0 Å². The minimum Gasteiger partial charge on any atom is -0.496 e. The highest BCUT2D eigenvalue weighted by atomic mass is 32.2. The maximum Gasteiger partial charge on any atom is 0.307 e. The summed E-state index contributed by atoms with van der Waals surface area (Å²) < 4.78 is 27.5. The topological polar surface area (TPSA) is 80.7 Å². The van der Waals surface area contributed by atoms with E-state index in [2.05, 4.69) is 0 Å². The molecule has 0 saturated heterocycles. The molecule has 1 aromatic carbocycles. The number of methoxy groups -OCH3 is 1. The molecule has 0 aliphatic heterocycles. The van der Waals surface area contributed by atoms with E-state index in [0.717, 1.165) is 6.26 Å². The van der Waals surface area contributed by atoms with Gasteiger partial charge in [0.25, 0.3) is 0 Å². The first-order chi connectivity index (χ1) is 7.34. The number of aliphatic carboxylic acids is 1. The van der Waals surface area contributed by atoms with Gasteiger partial charge in [-0.2, -0.15) is 0 Å². The molecule has 16 heavy (non-hydrogen) atoms. The van der Waals surface area contributed by atoms with Crippen LogP contribution >= 0.6 is 0 Å². The average Bonchev–Trinajstić information content (AvgIpc) is 2.15. The number of rotatable bonds is 4. The molecule has 0 unspecified atom stereocenters. The van der Waals surface area contributed by atoms with E-state index in [0.29, 0.717) is 5.56 Å². The summed E-state index contributed by atoms with van der Waals surface area (Å²) in [6, 6.07) is 4.15. The summed E-state index contributed by atoms with van der Waals surface area (Å²) in [5.74, 6) is -0.726. The van der Waals surface area contributed by atoms with Gasteiger partial charge >= 0.3 is 5.97 Å². The second kappa shape index (κ2) is 4.52. The highest BCUT2D eigenvalue weighted by molar-refractivity contribution is 7.90. The molecule has 0 aliphatic carbocycles. The minimum atomic E-state index is -3.31. The lowest BCUT2D eigenvalue weighted by Crippen LogP contribution is -2.04. The molecule has 0 aromatic heterocycles. The van der Waals surface area contributed by atoms with Crippen LogP contribution in [0.4, 0.5) is 0 Å². The van der Waals surface area contributed by atoms with Crippen LogP contribution in [0.25, 0.3) is 0 Å². The van der Waals surface area contributed by atoms with Crippen molar-refractivity contribution in [3.63, 3.8) is 0 Å². The highest BCUT2D eigenvalue weighted by Crippen LogP contribution is 2.23. The summed E-state index contributed by atoms with van der Waals surface area (Å²) in [6.07, 6.45) is 0.881.